The van der Waals surface area contributed by atoms with E-state index in [9.17, 15) is 52.7 Å². The van der Waals surface area contributed by atoms with E-state index in [0.717, 1.165) is 30.3 Å². The van der Waals surface area contributed by atoms with Gasteiger partial charge < -0.3 is 15.2 Å². The van der Waals surface area contributed by atoms with E-state index in [0.29, 0.717) is 36.4 Å². The Morgan fingerprint density at radius 2 is 1.43 bits per heavy atom. The average Bonchev–Trinajstić information content (AvgIpc) is 3.34. The molecule has 1 aliphatic rings. The number of benzene rings is 3. The van der Waals surface area contributed by atoms with Crippen LogP contribution in [-0.2, 0) is 31.5 Å². The van der Waals surface area contributed by atoms with Crippen LogP contribution in [0.25, 0.3) is 0 Å². The number of halogens is 9. The summed E-state index contributed by atoms with van der Waals surface area (Å²) in [5.41, 5.74) is -8.13. The predicted molar refractivity (Wildman–Crippen MR) is 135 cm³/mol. The Hall–Kier alpha value is -3.79. The van der Waals surface area contributed by atoms with E-state index in [2.05, 4.69) is 10.1 Å². The SMILES string of the molecule is O=C(O)NC1CCC(c2ccc(C(OCc3c(F)cccc3F)(C(F)(F)F)C(F)(F)F)cc2)(S(=O)(=O)c2ccc(F)cc2)C1. The predicted octanol–water partition coefficient (Wildman–Crippen LogP) is 7.13. The lowest BCUT2D eigenvalue weighted by molar-refractivity contribution is -0.392. The second kappa shape index (κ2) is 11.6. The highest BCUT2D eigenvalue weighted by atomic mass is 32.2. The van der Waals surface area contributed by atoms with Crippen LogP contribution < -0.4 is 5.32 Å². The molecular weight excluding hydrogens is 633 g/mol. The molecule has 0 heterocycles. The highest BCUT2D eigenvalue weighted by Gasteiger charge is 2.73. The van der Waals surface area contributed by atoms with E-state index >= 15 is 0 Å². The van der Waals surface area contributed by atoms with Gasteiger partial charge in [-0.1, -0.05) is 30.3 Å². The number of rotatable bonds is 8. The fraction of sp³-hybridized carbons (Fsp3) is 0.321. The van der Waals surface area contributed by atoms with E-state index in [1.54, 1.807) is 0 Å². The van der Waals surface area contributed by atoms with Gasteiger partial charge in [0.1, 0.15) is 22.2 Å². The van der Waals surface area contributed by atoms with Crippen LogP contribution >= 0.6 is 0 Å². The second-order valence-electron chi connectivity index (χ2n) is 10.1. The van der Waals surface area contributed by atoms with Crippen molar-refractivity contribution < 1.29 is 62.6 Å². The number of ether oxygens (including phenoxy) is 1. The van der Waals surface area contributed by atoms with Crippen LogP contribution in [-0.4, -0.2) is 38.0 Å². The van der Waals surface area contributed by atoms with Crippen LogP contribution in [0.4, 0.5) is 44.3 Å². The second-order valence-corrected chi connectivity index (χ2v) is 12.3. The number of amides is 1. The smallest absolute Gasteiger partial charge is 0.430 e. The van der Waals surface area contributed by atoms with E-state index in [-0.39, 0.29) is 18.4 Å². The number of sulfone groups is 1. The van der Waals surface area contributed by atoms with Gasteiger partial charge in [-0.2, -0.15) is 26.3 Å². The van der Waals surface area contributed by atoms with Gasteiger partial charge in [0, 0.05) is 17.2 Å². The van der Waals surface area contributed by atoms with Gasteiger partial charge in [0.15, 0.2) is 9.84 Å². The van der Waals surface area contributed by atoms with Crippen LogP contribution in [0.5, 0.6) is 0 Å². The molecule has 0 aliphatic heterocycles. The molecule has 2 atom stereocenters. The number of alkyl halides is 6. The Labute approximate surface area is 244 Å². The normalized spacial score (nSPS) is 19.6. The van der Waals surface area contributed by atoms with Gasteiger partial charge in [0.05, 0.1) is 11.5 Å². The van der Waals surface area contributed by atoms with Crippen molar-refractivity contribution in [1.29, 1.82) is 0 Å². The summed E-state index contributed by atoms with van der Waals surface area (Å²) in [6.07, 6.45) is -14.8. The van der Waals surface area contributed by atoms with E-state index in [1.165, 1.54) is 0 Å². The van der Waals surface area contributed by atoms with Crippen molar-refractivity contribution >= 4 is 15.9 Å². The van der Waals surface area contributed by atoms with Crippen molar-refractivity contribution in [1.82, 2.24) is 5.32 Å². The summed E-state index contributed by atoms with van der Waals surface area (Å²) in [5, 5.41) is 11.3. The summed E-state index contributed by atoms with van der Waals surface area (Å²) in [6.45, 7) is -1.77. The van der Waals surface area contributed by atoms with Crippen LogP contribution in [0.2, 0.25) is 0 Å². The summed E-state index contributed by atoms with van der Waals surface area (Å²) in [6, 6.07) is 6.74. The first-order chi connectivity index (χ1) is 20.4. The van der Waals surface area contributed by atoms with Crippen LogP contribution in [0.1, 0.15) is 36.0 Å². The number of carboxylic acid groups (broad SMARTS) is 1. The Kier molecular flexibility index (Phi) is 8.74. The van der Waals surface area contributed by atoms with Crippen LogP contribution in [0.3, 0.4) is 0 Å². The molecule has 6 nitrogen and oxygen atoms in total. The Balaban J connectivity index is 1.85. The first-order valence-corrected chi connectivity index (χ1v) is 14.1. The molecule has 44 heavy (non-hydrogen) atoms. The number of carbonyl (C=O) groups is 1. The fourth-order valence-electron chi connectivity index (χ4n) is 5.40. The number of hydrogen-bond acceptors (Lipinski definition) is 4. The van der Waals surface area contributed by atoms with Gasteiger partial charge in [0.25, 0.3) is 5.60 Å². The van der Waals surface area contributed by atoms with Crippen LogP contribution in [0.15, 0.2) is 71.6 Å². The first-order valence-electron chi connectivity index (χ1n) is 12.7. The lowest BCUT2D eigenvalue weighted by Gasteiger charge is -2.38. The third-order valence-electron chi connectivity index (χ3n) is 7.55. The molecule has 1 amide bonds. The third-order valence-corrected chi connectivity index (χ3v) is 10.1. The lowest BCUT2D eigenvalue weighted by atomic mass is 9.88. The minimum Gasteiger partial charge on any atom is -0.465 e. The van der Waals surface area contributed by atoms with Crippen LogP contribution in [0, 0.1) is 17.5 Å². The molecule has 1 saturated carbocycles. The van der Waals surface area contributed by atoms with Crippen molar-refractivity contribution in [2.24, 2.45) is 0 Å². The largest absolute Gasteiger partial charge is 0.465 e. The Bertz CT molecular complexity index is 1590. The molecule has 0 bridgehead atoms. The van der Waals surface area contributed by atoms with Crippen molar-refractivity contribution in [3.8, 4) is 0 Å². The molecular formula is C28H22F9NO5S. The maximum absolute atomic E-state index is 14.3. The van der Waals surface area contributed by atoms with Gasteiger partial charge in [-0.3, -0.25) is 0 Å². The molecule has 1 fully saturated rings. The minimum atomic E-state index is -6.23. The maximum atomic E-state index is 14.3. The molecule has 0 spiro atoms. The molecule has 0 aromatic heterocycles. The van der Waals surface area contributed by atoms with Gasteiger partial charge in [-0.25, -0.2) is 26.4 Å². The van der Waals surface area contributed by atoms with Gasteiger partial charge >= 0.3 is 18.4 Å². The molecule has 2 N–H and O–H groups in total. The first kappa shape index (κ1) is 33.1. The van der Waals surface area contributed by atoms with Crippen molar-refractivity contribution in [2.45, 2.75) is 59.5 Å². The topological polar surface area (TPSA) is 92.7 Å². The Morgan fingerprint density at radius 3 is 1.93 bits per heavy atom. The average molecular weight is 656 g/mol. The summed E-state index contributed by atoms with van der Waals surface area (Å²) < 4.78 is 158. The summed E-state index contributed by atoms with van der Waals surface area (Å²) in [5.74, 6) is -3.68. The molecule has 0 radical (unpaired) electrons. The van der Waals surface area contributed by atoms with E-state index < -0.39 is 91.2 Å². The number of nitrogens with one attached hydrogen (secondary N) is 1. The van der Waals surface area contributed by atoms with Gasteiger partial charge in [0.2, 0.25) is 0 Å². The molecule has 3 aromatic rings. The standard InChI is InChI=1S/C28H22F9NO5S/c29-18-8-10-20(11-9-18)44(41,42)25(13-12-19(14-25)38-24(39)40)16-4-6-17(7-5-16)26(27(32,33)34,28(35,36)37)43-15-21-22(30)2-1-3-23(21)31/h1-11,19,38H,12-15H2,(H,39,40). The highest BCUT2D eigenvalue weighted by Crippen LogP contribution is 2.54. The molecule has 2 unspecified atom stereocenters. The van der Waals surface area contributed by atoms with Gasteiger partial charge in [-0.15, -0.1) is 0 Å². The lowest BCUT2D eigenvalue weighted by Crippen LogP contribution is -2.56. The molecule has 16 heteroatoms. The maximum Gasteiger partial charge on any atom is 0.430 e. The quantitative estimate of drug-likeness (QED) is 0.199. The highest BCUT2D eigenvalue weighted by molar-refractivity contribution is 7.92. The molecule has 0 saturated heterocycles. The zero-order valence-corrected chi connectivity index (χ0v) is 23.0. The molecule has 4 rings (SSSR count). The summed E-state index contributed by atoms with van der Waals surface area (Å²) in [7, 11) is -4.56. The van der Waals surface area contributed by atoms with Gasteiger partial charge in [-0.05, 0) is 61.2 Å². The van der Waals surface area contributed by atoms with Crippen molar-refractivity contribution in [3.05, 3.63) is 101 Å². The van der Waals surface area contributed by atoms with E-state index in [1.807, 2.05) is 0 Å². The zero-order valence-electron chi connectivity index (χ0n) is 22.1. The van der Waals surface area contributed by atoms with Crippen molar-refractivity contribution in [3.63, 3.8) is 0 Å². The monoisotopic (exact) mass is 655 g/mol. The fourth-order valence-corrected chi connectivity index (χ4v) is 7.60. The Morgan fingerprint density at radius 1 is 0.886 bits per heavy atom. The minimum absolute atomic E-state index is 0.0686. The summed E-state index contributed by atoms with van der Waals surface area (Å²) >= 11 is 0. The summed E-state index contributed by atoms with van der Waals surface area (Å²) in [4.78, 5) is 10.8. The van der Waals surface area contributed by atoms with Crippen molar-refractivity contribution in [2.75, 3.05) is 0 Å². The zero-order chi connectivity index (χ0) is 32.7. The molecule has 238 valence electrons. The van der Waals surface area contributed by atoms with E-state index in [4.69, 9.17) is 5.11 Å². The molecule has 1 aliphatic carbocycles. The molecule has 3 aromatic carbocycles. The number of hydrogen-bond donors (Lipinski definition) is 2. The third kappa shape index (κ3) is 5.72.